The monoisotopic (exact) mass is 256 g/mol. The molecule has 1 rings (SSSR count). The fraction of sp³-hybridized carbons (Fsp3) is 0.857. The average Bonchev–Trinajstić information content (AvgIpc) is 3.08. The quantitative estimate of drug-likeness (QED) is 0.518. The first-order chi connectivity index (χ1) is 8.21. The Kier molecular flexibility index (Phi) is 4.54. The van der Waals surface area contributed by atoms with E-state index in [-0.39, 0.29) is 17.9 Å². The molecule has 1 heterocycles. The predicted octanol–water partition coefficient (Wildman–Crippen LogP) is 2.35. The van der Waals surface area contributed by atoms with E-state index in [1.54, 1.807) is 6.92 Å². The summed E-state index contributed by atoms with van der Waals surface area (Å²) in [6.45, 7) is 10.1. The van der Waals surface area contributed by atoms with Crippen LogP contribution in [0.25, 0.3) is 0 Å². The topological polar surface area (TPSA) is 55.9 Å². The van der Waals surface area contributed by atoms with Crippen molar-refractivity contribution in [2.24, 2.45) is 10.8 Å². The molecule has 1 aliphatic rings. The predicted molar refractivity (Wildman–Crippen MR) is 68.2 cm³/mol. The highest BCUT2D eigenvalue weighted by Crippen LogP contribution is 2.38. The van der Waals surface area contributed by atoms with E-state index in [1.807, 2.05) is 27.7 Å². The third kappa shape index (κ3) is 3.80. The molecule has 0 N–H and O–H groups in total. The molecule has 1 saturated heterocycles. The van der Waals surface area contributed by atoms with Crippen LogP contribution in [0, 0.1) is 10.8 Å². The SMILES string of the molecule is CCC(C)(CC(C)(C)C(=O)OCC1CO1)C(C)=O. The molecule has 4 nitrogen and oxygen atoms in total. The minimum Gasteiger partial charge on any atom is -0.462 e. The molecule has 0 aromatic carbocycles. The Morgan fingerprint density at radius 2 is 1.89 bits per heavy atom. The van der Waals surface area contributed by atoms with E-state index < -0.39 is 10.8 Å². The zero-order valence-corrected chi connectivity index (χ0v) is 12.0. The Morgan fingerprint density at radius 3 is 2.28 bits per heavy atom. The van der Waals surface area contributed by atoms with Gasteiger partial charge in [0, 0.05) is 5.41 Å². The molecule has 18 heavy (non-hydrogen) atoms. The number of Topliss-reactive ketones (excluding diaryl/α,β-unsaturated/α-hetero) is 1. The number of hydrogen-bond donors (Lipinski definition) is 0. The summed E-state index contributed by atoms with van der Waals surface area (Å²) >= 11 is 0. The van der Waals surface area contributed by atoms with Crippen molar-refractivity contribution >= 4 is 11.8 Å². The summed E-state index contributed by atoms with van der Waals surface area (Å²) in [5, 5.41) is 0. The highest BCUT2D eigenvalue weighted by molar-refractivity contribution is 5.83. The third-order valence-corrected chi connectivity index (χ3v) is 3.82. The normalized spacial score (nSPS) is 22.2. The number of rotatable bonds is 7. The Labute approximate surface area is 109 Å². The molecule has 4 heteroatoms. The van der Waals surface area contributed by atoms with Gasteiger partial charge in [-0.2, -0.15) is 0 Å². The lowest BCUT2D eigenvalue weighted by atomic mass is 9.70. The summed E-state index contributed by atoms with van der Waals surface area (Å²) in [5.74, 6) is -0.129. The second-order valence-corrected chi connectivity index (χ2v) is 6.08. The molecular formula is C14H24O4. The Balaban J connectivity index is 2.59. The number of hydrogen-bond acceptors (Lipinski definition) is 4. The van der Waals surface area contributed by atoms with Crippen LogP contribution < -0.4 is 0 Å². The van der Waals surface area contributed by atoms with Crippen LogP contribution in [0.5, 0.6) is 0 Å². The van der Waals surface area contributed by atoms with E-state index in [2.05, 4.69) is 0 Å². The van der Waals surface area contributed by atoms with Gasteiger partial charge in [-0.25, -0.2) is 0 Å². The number of epoxide rings is 1. The Morgan fingerprint density at radius 1 is 1.33 bits per heavy atom. The Bertz CT molecular complexity index is 331. The second-order valence-electron chi connectivity index (χ2n) is 6.08. The smallest absolute Gasteiger partial charge is 0.311 e. The molecule has 0 aromatic rings. The van der Waals surface area contributed by atoms with Crippen molar-refractivity contribution in [2.45, 2.75) is 53.6 Å². The van der Waals surface area contributed by atoms with Gasteiger partial charge in [0.05, 0.1) is 12.0 Å². The molecule has 2 atom stereocenters. The van der Waals surface area contributed by atoms with Crippen LogP contribution in [-0.2, 0) is 19.1 Å². The third-order valence-electron chi connectivity index (χ3n) is 3.82. The van der Waals surface area contributed by atoms with Crippen LogP contribution in [0.1, 0.15) is 47.5 Å². The van der Waals surface area contributed by atoms with Crippen LogP contribution in [0.3, 0.4) is 0 Å². The van der Waals surface area contributed by atoms with Crippen molar-refractivity contribution in [3.05, 3.63) is 0 Å². The lowest BCUT2D eigenvalue weighted by molar-refractivity contribution is -0.157. The van der Waals surface area contributed by atoms with Gasteiger partial charge in [-0.15, -0.1) is 0 Å². The summed E-state index contributed by atoms with van der Waals surface area (Å²) in [6.07, 6.45) is 1.32. The van der Waals surface area contributed by atoms with Crippen molar-refractivity contribution in [1.29, 1.82) is 0 Å². The summed E-state index contributed by atoms with van der Waals surface area (Å²) in [5.41, 5.74) is -1.11. The van der Waals surface area contributed by atoms with Gasteiger partial charge >= 0.3 is 5.97 Å². The van der Waals surface area contributed by atoms with E-state index in [0.717, 1.165) is 6.42 Å². The van der Waals surface area contributed by atoms with Gasteiger partial charge in [0.2, 0.25) is 0 Å². The van der Waals surface area contributed by atoms with Crippen molar-refractivity contribution in [3.63, 3.8) is 0 Å². The van der Waals surface area contributed by atoms with Crippen LogP contribution in [0.15, 0.2) is 0 Å². The average molecular weight is 256 g/mol. The fourth-order valence-corrected chi connectivity index (χ4v) is 2.07. The molecule has 0 spiro atoms. The Hall–Kier alpha value is -0.900. The maximum absolute atomic E-state index is 12.0. The second kappa shape index (κ2) is 5.39. The van der Waals surface area contributed by atoms with Crippen LogP contribution in [0.4, 0.5) is 0 Å². The zero-order valence-electron chi connectivity index (χ0n) is 12.0. The highest BCUT2D eigenvalue weighted by Gasteiger charge is 2.40. The van der Waals surface area contributed by atoms with E-state index >= 15 is 0 Å². The molecule has 0 saturated carbocycles. The minimum absolute atomic E-state index is 0.0788. The molecule has 104 valence electrons. The lowest BCUT2D eigenvalue weighted by Gasteiger charge is -2.33. The standard InChI is InChI=1S/C14H24O4/c1-6-14(5,10(2)15)9-13(3,4)12(16)18-8-11-7-17-11/h11H,6-9H2,1-5H3. The first-order valence-electron chi connectivity index (χ1n) is 6.51. The molecule has 0 aliphatic carbocycles. The maximum atomic E-state index is 12.0. The summed E-state index contributed by atoms with van der Waals surface area (Å²) in [4.78, 5) is 23.7. The molecule has 0 bridgehead atoms. The highest BCUT2D eigenvalue weighted by atomic mass is 16.6. The van der Waals surface area contributed by atoms with Gasteiger partial charge in [0.25, 0.3) is 0 Å². The van der Waals surface area contributed by atoms with E-state index in [9.17, 15) is 9.59 Å². The number of ketones is 1. The minimum atomic E-state index is -0.648. The molecule has 0 aromatic heterocycles. The summed E-state index contributed by atoms with van der Waals surface area (Å²) in [6, 6.07) is 0. The molecule has 2 unspecified atom stereocenters. The number of carbonyl (C=O) groups is 2. The lowest BCUT2D eigenvalue weighted by Crippen LogP contribution is -2.37. The largest absolute Gasteiger partial charge is 0.462 e. The zero-order chi connectivity index (χ0) is 14.0. The number of carbonyl (C=O) groups excluding carboxylic acids is 2. The summed E-state index contributed by atoms with van der Waals surface area (Å²) in [7, 11) is 0. The van der Waals surface area contributed by atoms with Crippen LogP contribution in [0.2, 0.25) is 0 Å². The van der Waals surface area contributed by atoms with Gasteiger partial charge in [-0.3, -0.25) is 9.59 Å². The first kappa shape index (κ1) is 15.2. The van der Waals surface area contributed by atoms with Gasteiger partial charge in [0.15, 0.2) is 0 Å². The van der Waals surface area contributed by atoms with E-state index in [0.29, 0.717) is 19.6 Å². The molecule has 1 aliphatic heterocycles. The number of esters is 1. The molecule has 0 radical (unpaired) electrons. The first-order valence-corrected chi connectivity index (χ1v) is 6.51. The van der Waals surface area contributed by atoms with Gasteiger partial charge in [-0.05, 0) is 33.6 Å². The van der Waals surface area contributed by atoms with Crippen molar-refractivity contribution in [2.75, 3.05) is 13.2 Å². The molecule has 0 amide bonds. The maximum Gasteiger partial charge on any atom is 0.311 e. The molecular weight excluding hydrogens is 232 g/mol. The van der Waals surface area contributed by atoms with Crippen LogP contribution in [-0.4, -0.2) is 31.1 Å². The molecule has 1 fully saturated rings. The van der Waals surface area contributed by atoms with Crippen molar-refractivity contribution in [1.82, 2.24) is 0 Å². The van der Waals surface area contributed by atoms with Gasteiger partial charge in [0.1, 0.15) is 18.5 Å². The van der Waals surface area contributed by atoms with E-state index in [1.165, 1.54) is 0 Å². The van der Waals surface area contributed by atoms with Crippen LogP contribution >= 0.6 is 0 Å². The van der Waals surface area contributed by atoms with Crippen molar-refractivity contribution in [3.8, 4) is 0 Å². The van der Waals surface area contributed by atoms with Gasteiger partial charge in [-0.1, -0.05) is 13.8 Å². The van der Waals surface area contributed by atoms with E-state index in [4.69, 9.17) is 9.47 Å². The van der Waals surface area contributed by atoms with Crippen molar-refractivity contribution < 1.29 is 19.1 Å². The fourth-order valence-electron chi connectivity index (χ4n) is 2.07. The summed E-state index contributed by atoms with van der Waals surface area (Å²) < 4.78 is 10.2. The number of ether oxygens (including phenoxy) is 2. The van der Waals surface area contributed by atoms with Gasteiger partial charge < -0.3 is 9.47 Å².